The lowest BCUT2D eigenvalue weighted by Crippen LogP contribution is -2.61. The minimum absolute atomic E-state index is 0.0135. The van der Waals surface area contributed by atoms with Crippen molar-refractivity contribution in [3.63, 3.8) is 0 Å². The SMILES string of the molecule is CC[C@H](C)[C@H](NC(=O)[C@@H](NC(=O)[C@H](CC(N)=O)NC(=O)[C@H](CCCN=C(N)N)NC(=O)[C@H](CCC(N)=O)NC(=O)[C@H](C)NC(=O)[C@H](CC(C)C)NC(=O)[C@@H](N)CCC(N)=O)[C@@H](C)O)C(=O)O. The Balaban J connectivity index is 6.52. The second kappa shape index (κ2) is 29.7. The molecule has 21 N–H and O–H groups in total. The Hall–Kier alpha value is -6.64. The average molecular weight is 943 g/mol. The van der Waals surface area contributed by atoms with Gasteiger partial charge in [0.15, 0.2) is 5.96 Å². The molecule has 0 aromatic rings. The molecular weight excluding hydrogens is 873 g/mol. The first-order valence-corrected chi connectivity index (χ1v) is 21.3. The zero-order valence-electron chi connectivity index (χ0n) is 38.2. The highest BCUT2D eigenvalue weighted by Gasteiger charge is 2.36. The summed E-state index contributed by atoms with van der Waals surface area (Å²) < 4.78 is 0. The summed E-state index contributed by atoms with van der Waals surface area (Å²) in [6, 6.07) is -11.9. The topological polar surface area (TPSA) is 481 Å². The molecule has 374 valence electrons. The molecule has 0 aromatic heterocycles. The number of rotatable bonds is 32. The summed E-state index contributed by atoms with van der Waals surface area (Å²) in [6.45, 7) is 9.08. The Morgan fingerprint density at radius 2 is 1.02 bits per heavy atom. The van der Waals surface area contributed by atoms with Crippen LogP contribution in [0.15, 0.2) is 4.99 Å². The van der Waals surface area contributed by atoms with E-state index in [0.717, 1.165) is 6.92 Å². The van der Waals surface area contributed by atoms with Crippen LogP contribution >= 0.6 is 0 Å². The average Bonchev–Trinajstić information content (AvgIpc) is 3.21. The van der Waals surface area contributed by atoms with Crippen LogP contribution in [0, 0.1) is 11.8 Å². The van der Waals surface area contributed by atoms with Crippen molar-refractivity contribution in [3.05, 3.63) is 0 Å². The molecule has 27 heteroatoms. The van der Waals surface area contributed by atoms with Crippen molar-refractivity contribution in [2.45, 2.75) is 154 Å². The number of carbonyl (C=O) groups is 11. The maximum Gasteiger partial charge on any atom is 0.326 e. The molecular formula is C39H70N14O13. The monoisotopic (exact) mass is 943 g/mol. The maximum absolute atomic E-state index is 13.8. The van der Waals surface area contributed by atoms with Crippen LogP contribution in [0.1, 0.15) is 99.3 Å². The van der Waals surface area contributed by atoms with Gasteiger partial charge in [-0.2, -0.15) is 0 Å². The first kappa shape index (κ1) is 59.4. The van der Waals surface area contributed by atoms with E-state index in [0.29, 0.717) is 6.42 Å². The number of carboxylic acids is 1. The molecule has 10 atom stereocenters. The second-order valence-electron chi connectivity index (χ2n) is 16.3. The molecule has 10 amide bonds. The number of aliphatic carboxylic acids is 1. The highest BCUT2D eigenvalue weighted by atomic mass is 16.4. The number of hydrogen-bond donors (Lipinski definition) is 15. The van der Waals surface area contributed by atoms with E-state index in [1.165, 1.54) is 6.92 Å². The van der Waals surface area contributed by atoms with Crippen molar-refractivity contribution in [3.8, 4) is 0 Å². The van der Waals surface area contributed by atoms with Crippen molar-refractivity contribution in [2.24, 2.45) is 51.2 Å². The van der Waals surface area contributed by atoms with E-state index in [-0.39, 0.29) is 50.5 Å². The summed E-state index contributed by atoms with van der Waals surface area (Å²) in [7, 11) is 0. The minimum atomic E-state index is -1.84. The van der Waals surface area contributed by atoms with E-state index in [1.54, 1.807) is 27.7 Å². The van der Waals surface area contributed by atoms with Crippen LogP contribution in [-0.2, 0) is 52.7 Å². The summed E-state index contributed by atoms with van der Waals surface area (Å²) in [5.74, 6) is -12.0. The van der Waals surface area contributed by atoms with Crippen LogP contribution in [0.5, 0.6) is 0 Å². The van der Waals surface area contributed by atoms with Gasteiger partial charge in [-0.1, -0.05) is 34.1 Å². The Morgan fingerprint density at radius 3 is 1.50 bits per heavy atom. The zero-order valence-corrected chi connectivity index (χ0v) is 38.2. The molecule has 0 aromatic carbocycles. The molecule has 0 rings (SSSR count). The van der Waals surface area contributed by atoms with Crippen LogP contribution in [0.2, 0.25) is 0 Å². The molecule has 0 unspecified atom stereocenters. The van der Waals surface area contributed by atoms with Gasteiger partial charge < -0.3 is 81.8 Å². The zero-order chi connectivity index (χ0) is 51.0. The number of nitrogens with zero attached hydrogens (tertiary/aromatic N) is 1. The Kier molecular flexibility index (Phi) is 26.7. The number of amides is 10. The fraction of sp³-hybridized carbons (Fsp3) is 0.692. The third-order valence-electron chi connectivity index (χ3n) is 9.90. The van der Waals surface area contributed by atoms with Crippen LogP contribution < -0.4 is 71.6 Å². The lowest BCUT2D eigenvalue weighted by Gasteiger charge is -2.28. The van der Waals surface area contributed by atoms with Crippen LogP contribution in [0.4, 0.5) is 0 Å². The van der Waals surface area contributed by atoms with E-state index >= 15 is 0 Å². The number of guanidine groups is 1. The van der Waals surface area contributed by atoms with E-state index in [9.17, 15) is 63.0 Å². The Morgan fingerprint density at radius 1 is 0.545 bits per heavy atom. The van der Waals surface area contributed by atoms with Crippen LogP contribution in [-0.4, -0.2) is 142 Å². The number of aliphatic hydroxyl groups excluding tert-OH is 1. The number of carboxylic acid groups (broad SMARTS) is 1. The highest BCUT2D eigenvalue weighted by molar-refractivity contribution is 5.99. The van der Waals surface area contributed by atoms with Crippen molar-refractivity contribution < 1.29 is 63.0 Å². The maximum atomic E-state index is 13.8. The Labute approximate surface area is 382 Å². The fourth-order valence-electron chi connectivity index (χ4n) is 5.95. The highest BCUT2D eigenvalue weighted by Crippen LogP contribution is 2.11. The molecule has 66 heavy (non-hydrogen) atoms. The third-order valence-corrected chi connectivity index (χ3v) is 9.90. The Bertz CT molecular complexity index is 1760. The van der Waals surface area contributed by atoms with Gasteiger partial charge in [-0.05, 0) is 57.8 Å². The van der Waals surface area contributed by atoms with E-state index in [2.05, 4.69) is 42.2 Å². The van der Waals surface area contributed by atoms with Gasteiger partial charge in [0.1, 0.15) is 42.3 Å². The molecule has 0 radical (unpaired) electrons. The summed E-state index contributed by atoms with van der Waals surface area (Å²) in [5, 5.41) is 36.5. The largest absolute Gasteiger partial charge is 0.480 e. The molecule has 0 aliphatic heterocycles. The molecule has 0 aliphatic carbocycles. The number of nitrogens with one attached hydrogen (secondary N) is 7. The number of carbonyl (C=O) groups excluding carboxylic acids is 10. The van der Waals surface area contributed by atoms with Gasteiger partial charge in [-0.15, -0.1) is 0 Å². The van der Waals surface area contributed by atoms with E-state index in [4.69, 9.17) is 34.4 Å². The minimum Gasteiger partial charge on any atom is -0.480 e. The third kappa shape index (κ3) is 23.3. The lowest BCUT2D eigenvalue weighted by molar-refractivity contribution is -0.144. The van der Waals surface area contributed by atoms with Crippen LogP contribution in [0.25, 0.3) is 0 Å². The van der Waals surface area contributed by atoms with Crippen molar-refractivity contribution in [1.29, 1.82) is 0 Å². The van der Waals surface area contributed by atoms with Crippen LogP contribution in [0.3, 0.4) is 0 Å². The molecule has 0 heterocycles. The van der Waals surface area contributed by atoms with Gasteiger partial charge in [-0.3, -0.25) is 52.9 Å². The van der Waals surface area contributed by atoms with E-state index in [1.807, 2.05) is 0 Å². The molecule has 0 saturated carbocycles. The predicted octanol–water partition coefficient (Wildman–Crippen LogP) is -6.26. The summed E-state index contributed by atoms with van der Waals surface area (Å²) >= 11 is 0. The number of aliphatic imine (C=N–C) groups is 1. The summed E-state index contributed by atoms with van der Waals surface area (Å²) in [4.78, 5) is 145. The molecule has 0 bridgehead atoms. The van der Waals surface area contributed by atoms with Gasteiger partial charge >= 0.3 is 5.97 Å². The lowest BCUT2D eigenvalue weighted by atomic mass is 9.98. The van der Waals surface area contributed by atoms with Crippen molar-refractivity contribution >= 4 is 71.0 Å². The smallest absolute Gasteiger partial charge is 0.326 e. The van der Waals surface area contributed by atoms with Gasteiger partial charge in [0, 0.05) is 19.4 Å². The summed E-state index contributed by atoms with van der Waals surface area (Å²) in [5.41, 5.74) is 32.5. The number of nitrogens with two attached hydrogens (primary N) is 6. The molecule has 27 nitrogen and oxygen atoms in total. The van der Waals surface area contributed by atoms with Crippen molar-refractivity contribution in [2.75, 3.05) is 6.54 Å². The molecule has 0 fully saturated rings. The molecule has 0 saturated heterocycles. The van der Waals surface area contributed by atoms with Gasteiger partial charge in [0.05, 0.1) is 18.6 Å². The second-order valence-corrected chi connectivity index (χ2v) is 16.3. The number of hydrogen-bond acceptors (Lipinski definition) is 14. The number of primary amides is 3. The fourth-order valence-corrected chi connectivity index (χ4v) is 5.95. The first-order chi connectivity index (χ1) is 30.6. The standard InChI is InChI=1S/C39H70N14O13/c1-7-18(4)29(38(65)66)52-37(64)30(20(6)54)53-36(63)25(16-28(43)57)51-33(60)22(9-8-14-46-39(44)45)49-34(61)23(11-13-27(42)56)48-31(58)19(5)47-35(62)24(15-17(2)3)50-32(59)21(40)10-12-26(41)55/h17-25,29-30,54H,7-16,40H2,1-6H3,(H2,41,55)(H2,42,56)(H2,43,57)(H,47,62)(H,48,58)(H,49,61)(H,50,59)(H,51,60)(H,52,64)(H,53,63)(H,65,66)(H4,44,45,46)/t18-,19-,20+,21-,22-,23-,24-,25-,29-,30-/m0/s1. The quantitative estimate of drug-likeness (QED) is 0.0169. The normalized spacial score (nSPS) is 15.5. The van der Waals surface area contributed by atoms with Crippen molar-refractivity contribution in [1.82, 2.24) is 37.2 Å². The number of aliphatic hydroxyl groups is 1. The van der Waals surface area contributed by atoms with Gasteiger partial charge in [-0.25, -0.2) is 4.79 Å². The summed E-state index contributed by atoms with van der Waals surface area (Å²) in [6.07, 6.45) is -3.42. The van der Waals surface area contributed by atoms with E-state index < -0.39 is 145 Å². The first-order valence-electron chi connectivity index (χ1n) is 21.3. The molecule has 0 aliphatic rings. The molecule has 0 spiro atoms. The predicted molar refractivity (Wildman–Crippen MR) is 236 cm³/mol. The van der Waals surface area contributed by atoms with Gasteiger partial charge in [0.25, 0.3) is 0 Å². The van der Waals surface area contributed by atoms with Gasteiger partial charge in [0.2, 0.25) is 59.1 Å².